The van der Waals surface area contributed by atoms with Crippen LogP contribution < -0.4 is 10.6 Å². The minimum atomic E-state index is -0.997. The Hall–Kier alpha value is -2.18. The average Bonchev–Trinajstić information content (AvgIpc) is 3.62. The third-order valence-electron chi connectivity index (χ3n) is 7.48. The van der Waals surface area contributed by atoms with E-state index < -0.39 is 24.7 Å². The molecular formula is C29H35F2IN4O2S. The van der Waals surface area contributed by atoms with E-state index in [1.165, 1.54) is 24.5 Å². The minimum absolute atomic E-state index is 0.0425. The predicted octanol–water partition coefficient (Wildman–Crippen LogP) is 6.05. The second-order valence-corrected chi connectivity index (χ2v) is 11.9. The molecule has 3 aromatic rings. The first kappa shape index (κ1) is 29.8. The molecule has 1 aliphatic heterocycles. The maximum Gasteiger partial charge on any atom is 0.246 e. The van der Waals surface area contributed by atoms with E-state index in [1.54, 1.807) is 12.1 Å². The van der Waals surface area contributed by atoms with E-state index in [2.05, 4.69) is 40.1 Å². The zero-order chi connectivity index (χ0) is 27.9. The number of halogens is 3. The standard InChI is InChI=1S/C29H35F2IN4O2S/c1-3-7-18(13-14-32)26(35-27(37)23(16-30)33-2)29(38)36-15-6-10-25(36)28-34-24(17-39-28)21-11-12-22(31)20-9-5-4-8-19(20)21/h4-5,8-9,11-12,17-18,23,25-26,33H,3,6-7,10,13-16H2,1-2H3,(H,35,37)/t18?,23?,25-,26-/m0/s1. The van der Waals surface area contributed by atoms with Gasteiger partial charge in [0, 0.05) is 22.9 Å². The molecule has 39 heavy (non-hydrogen) atoms. The lowest BCUT2D eigenvalue weighted by atomic mass is 9.90. The summed E-state index contributed by atoms with van der Waals surface area (Å²) in [6.45, 7) is 1.79. The minimum Gasteiger partial charge on any atom is -0.343 e. The van der Waals surface area contributed by atoms with Gasteiger partial charge in [-0.05, 0) is 60.6 Å². The van der Waals surface area contributed by atoms with Crippen LogP contribution in [0.1, 0.15) is 50.1 Å². The van der Waals surface area contributed by atoms with Gasteiger partial charge in [0.1, 0.15) is 29.6 Å². The second kappa shape index (κ2) is 13.9. The number of likely N-dealkylation sites (N-methyl/N-ethyl adjacent to an activating group) is 1. The number of carbonyl (C=O) groups excluding carboxylic acids is 2. The van der Waals surface area contributed by atoms with Crippen LogP contribution in [0.15, 0.2) is 41.8 Å². The van der Waals surface area contributed by atoms with Crippen molar-refractivity contribution in [1.29, 1.82) is 0 Å². The Morgan fingerprint density at radius 3 is 2.67 bits per heavy atom. The fourth-order valence-corrected chi connectivity index (χ4v) is 7.18. The molecule has 1 saturated heterocycles. The average molecular weight is 669 g/mol. The highest BCUT2D eigenvalue weighted by molar-refractivity contribution is 14.1. The summed E-state index contributed by atoms with van der Waals surface area (Å²) in [5, 5.41) is 9.73. The molecule has 0 saturated carbocycles. The molecule has 0 radical (unpaired) electrons. The third-order valence-corrected chi connectivity index (χ3v) is 9.05. The number of carbonyl (C=O) groups is 2. The van der Waals surface area contributed by atoms with Gasteiger partial charge in [-0.15, -0.1) is 11.3 Å². The van der Waals surface area contributed by atoms with Crippen molar-refractivity contribution < 1.29 is 18.4 Å². The number of thiazole rings is 1. The summed E-state index contributed by atoms with van der Waals surface area (Å²) in [4.78, 5) is 33.7. The van der Waals surface area contributed by atoms with E-state index in [-0.39, 0.29) is 23.7 Å². The summed E-state index contributed by atoms with van der Waals surface area (Å²) >= 11 is 3.79. The number of fused-ring (bicyclic) bond motifs is 1. The van der Waals surface area contributed by atoms with Crippen LogP contribution in [-0.4, -0.2) is 58.5 Å². The van der Waals surface area contributed by atoms with Crippen molar-refractivity contribution in [3.8, 4) is 11.3 Å². The van der Waals surface area contributed by atoms with E-state index in [9.17, 15) is 18.4 Å². The molecule has 4 atom stereocenters. The van der Waals surface area contributed by atoms with E-state index in [1.807, 2.05) is 28.5 Å². The van der Waals surface area contributed by atoms with Crippen molar-refractivity contribution in [2.45, 2.75) is 57.2 Å². The monoisotopic (exact) mass is 668 g/mol. The number of nitrogens with one attached hydrogen (secondary N) is 2. The number of alkyl halides is 2. The maximum atomic E-state index is 14.4. The van der Waals surface area contributed by atoms with Gasteiger partial charge in [-0.3, -0.25) is 9.59 Å². The van der Waals surface area contributed by atoms with Gasteiger partial charge in [0.15, 0.2) is 0 Å². The molecule has 4 rings (SSSR count). The van der Waals surface area contributed by atoms with Gasteiger partial charge in [-0.1, -0.05) is 60.2 Å². The van der Waals surface area contributed by atoms with Crippen molar-refractivity contribution in [3.63, 3.8) is 0 Å². The van der Waals surface area contributed by atoms with Gasteiger partial charge in [-0.25, -0.2) is 13.8 Å². The smallest absolute Gasteiger partial charge is 0.246 e. The normalized spacial score (nSPS) is 17.8. The fraction of sp³-hybridized carbons (Fsp3) is 0.483. The Balaban J connectivity index is 1.62. The van der Waals surface area contributed by atoms with Crippen LogP contribution in [0.4, 0.5) is 8.78 Å². The Kier molecular flexibility index (Phi) is 10.6. The molecule has 0 bridgehead atoms. The Morgan fingerprint density at radius 1 is 1.21 bits per heavy atom. The molecule has 210 valence electrons. The first-order valence-corrected chi connectivity index (χ1v) is 15.9. The molecule has 2 aromatic carbocycles. The van der Waals surface area contributed by atoms with Crippen LogP contribution in [0.5, 0.6) is 0 Å². The second-order valence-electron chi connectivity index (χ2n) is 9.91. The molecule has 10 heteroatoms. The number of hydrogen-bond donors (Lipinski definition) is 2. The number of likely N-dealkylation sites (tertiary alicyclic amines) is 1. The first-order chi connectivity index (χ1) is 18.9. The Morgan fingerprint density at radius 2 is 1.97 bits per heavy atom. The molecule has 1 aliphatic rings. The molecule has 2 N–H and O–H groups in total. The van der Waals surface area contributed by atoms with Crippen LogP contribution in [0.25, 0.3) is 22.0 Å². The molecule has 2 unspecified atom stereocenters. The van der Waals surface area contributed by atoms with Crippen LogP contribution in [0, 0.1) is 11.7 Å². The van der Waals surface area contributed by atoms with E-state index in [0.717, 1.165) is 58.2 Å². The molecule has 0 spiro atoms. The van der Waals surface area contributed by atoms with E-state index in [4.69, 9.17) is 4.98 Å². The number of benzene rings is 2. The number of nitrogens with zero attached hydrogens (tertiary/aromatic N) is 2. The van der Waals surface area contributed by atoms with Crippen molar-refractivity contribution in [2.24, 2.45) is 5.92 Å². The predicted molar refractivity (Wildman–Crippen MR) is 161 cm³/mol. The topological polar surface area (TPSA) is 74.3 Å². The third kappa shape index (κ3) is 6.59. The summed E-state index contributed by atoms with van der Waals surface area (Å²) in [5.41, 5.74) is 1.61. The van der Waals surface area contributed by atoms with Crippen molar-refractivity contribution in [1.82, 2.24) is 20.5 Å². The van der Waals surface area contributed by atoms with Gasteiger partial charge < -0.3 is 15.5 Å². The van der Waals surface area contributed by atoms with E-state index >= 15 is 0 Å². The summed E-state index contributed by atoms with van der Waals surface area (Å²) < 4.78 is 28.7. The van der Waals surface area contributed by atoms with Gasteiger partial charge in [0.2, 0.25) is 11.8 Å². The highest BCUT2D eigenvalue weighted by atomic mass is 127. The fourth-order valence-electron chi connectivity index (χ4n) is 5.42. The SMILES string of the molecule is CCCC(CCI)[C@H](NC(=O)C(CF)NC)C(=O)N1CCC[C@H]1c1nc(-c2ccc(F)c3ccccc23)cs1. The zero-order valence-electron chi connectivity index (χ0n) is 22.3. The summed E-state index contributed by atoms with van der Waals surface area (Å²) in [6.07, 6.45) is 4.06. The van der Waals surface area contributed by atoms with Crippen LogP contribution >= 0.6 is 33.9 Å². The lowest BCUT2D eigenvalue weighted by Crippen LogP contribution is -2.56. The van der Waals surface area contributed by atoms with Crippen molar-refractivity contribution in [2.75, 3.05) is 24.7 Å². The molecule has 1 fully saturated rings. The number of hydrogen-bond acceptors (Lipinski definition) is 5. The van der Waals surface area contributed by atoms with Crippen LogP contribution in [-0.2, 0) is 9.59 Å². The molecule has 1 aromatic heterocycles. The first-order valence-electron chi connectivity index (χ1n) is 13.5. The highest BCUT2D eigenvalue weighted by Crippen LogP contribution is 2.38. The molecule has 2 heterocycles. The Bertz CT molecular complexity index is 1280. The molecule has 2 amide bonds. The number of amides is 2. The summed E-state index contributed by atoms with van der Waals surface area (Å²) in [5.74, 6) is -0.943. The zero-order valence-corrected chi connectivity index (χ0v) is 25.2. The Labute approximate surface area is 246 Å². The van der Waals surface area contributed by atoms with Gasteiger partial charge in [0.25, 0.3) is 0 Å². The van der Waals surface area contributed by atoms with Gasteiger partial charge in [-0.2, -0.15) is 0 Å². The number of rotatable bonds is 12. The van der Waals surface area contributed by atoms with Crippen molar-refractivity contribution >= 4 is 56.5 Å². The van der Waals surface area contributed by atoms with Crippen LogP contribution in [0.3, 0.4) is 0 Å². The van der Waals surface area contributed by atoms with Crippen molar-refractivity contribution in [3.05, 3.63) is 52.6 Å². The van der Waals surface area contributed by atoms with Gasteiger partial charge >= 0.3 is 0 Å². The molecule has 6 nitrogen and oxygen atoms in total. The lowest BCUT2D eigenvalue weighted by molar-refractivity contribution is -0.139. The summed E-state index contributed by atoms with van der Waals surface area (Å²) in [7, 11) is 1.54. The maximum absolute atomic E-state index is 14.4. The van der Waals surface area contributed by atoms with E-state index in [0.29, 0.717) is 11.9 Å². The summed E-state index contributed by atoms with van der Waals surface area (Å²) in [6, 6.07) is 8.64. The number of aromatic nitrogens is 1. The van der Waals surface area contributed by atoms with Gasteiger partial charge in [0.05, 0.1) is 11.7 Å². The largest absolute Gasteiger partial charge is 0.343 e. The van der Waals surface area contributed by atoms with Crippen LogP contribution in [0.2, 0.25) is 0 Å². The lowest BCUT2D eigenvalue weighted by Gasteiger charge is -2.33. The molecule has 0 aliphatic carbocycles. The molecular weight excluding hydrogens is 633 g/mol. The quantitative estimate of drug-likeness (QED) is 0.182. The highest BCUT2D eigenvalue weighted by Gasteiger charge is 2.39.